The van der Waals surface area contributed by atoms with Gasteiger partial charge in [-0.25, -0.2) is 0 Å². The maximum absolute atomic E-state index is 11.9. The second kappa shape index (κ2) is 8.65. The maximum Gasteiger partial charge on any atom is 0.222 e. The predicted molar refractivity (Wildman–Crippen MR) is 115 cm³/mol. The van der Waals surface area contributed by atoms with Crippen molar-refractivity contribution >= 4 is 12.1 Å². The Bertz CT molecular complexity index is 875. The molecular formula is C24H28N4O. The van der Waals surface area contributed by atoms with Gasteiger partial charge in [-0.1, -0.05) is 31.2 Å². The van der Waals surface area contributed by atoms with E-state index in [-0.39, 0.29) is 17.7 Å². The first-order chi connectivity index (χ1) is 14.2. The van der Waals surface area contributed by atoms with Gasteiger partial charge in [-0.3, -0.25) is 9.79 Å². The van der Waals surface area contributed by atoms with Gasteiger partial charge in [0.15, 0.2) is 0 Å². The van der Waals surface area contributed by atoms with Gasteiger partial charge in [0.2, 0.25) is 5.91 Å². The Balaban J connectivity index is 1.50. The number of aliphatic imine (C=N–C) groups is 1. The van der Waals surface area contributed by atoms with Crippen molar-refractivity contribution in [1.29, 1.82) is 5.26 Å². The van der Waals surface area contributed by atoms with E-state index in [9.17, 15) is 10.1 Å². The van der Waals surface area contributed by atoms with E-state index in [0.717, 1.165) is 37.9 Å². The molecule has 0 aromatic heterocycles. The van der Waals surface area contributed by atoms with Crippen molar-refractivity contribution in [1.82, 2.24) is 10.2 Å². The highest BCUT2D eigenvalue weighted by atomic mass is 16.2. The van der Waals surface area contributed by atoms with Crippen LogP contribution in [-0.4, -0.2) is 36.2 Å². The monoisotopic (exact) mass is 388 g/mol. The van der Waals surface area contributed by atoms with Crippen LogP contribution in [0.2, 0.25) is 0 Å². The Hall–Kier alpha value is -2.87. The molecule has 0 aromatic rings. The van der Waals surface area contributed by atoms with Crippen molar-refractivity contribution in [2.75, 3.05) is 13.1 Å². The number of allylic oxidation sites excluding steroid dienone is 9. The molecule has 0 radical (unpaired) electrons. The number of nitrogens with one attached hydrogen (secondary N) is 1. The largest absolute Gasteiger partial charge is 0.385 e. The Labute approximate surface area is 172 Å². The lowest BCUT2D eigenvalue weighted by Crippen LogP contribution is -2.46. The average molecular weight is 389 g/mol. The number of carbonyl (C=O) groups excluding carboxylic acids is 1. The van der Waals surface area contributed by atoms with Gasteiger partial charge >= 0.3 is 0 Å². The quantitative estimate of drug-likeness (QED) is 0.799. The summed E-state index contributed by atoms with van der Waals surface area (Å²) in [6.45, 7) is 3.57. The fraction of sp³-hybridized carbons (Fsp3) is 0.458. The fourth-order valence-electron chi connectivity index (χ4n) is 4.59. The summed E-state index contributed by atoms with van der Waals surface area (Å²) >= 11 is 0. The molecule has 2 aliphatic heterocycles. The molecule has 0 bridgehead atoms. The van der Waals surface area contributed by atoms with Crippen molar-refractivity contribution in [3.63, 3.8) is 0 Å². The number of fused-ring (bicyclic) bond motifs is 1. The van der Waals surface area contributed by atoms with Gasteiger partial charge in [0, 0.05) is 67.0 Å². The number of nitrogens with zero attached hydrogens (tertiary/aromatic N) is 3. The van der Waals surface area contributed by atoms with E-state index in [0.29, 0.717) is 18.4 Å². The molecule has 1 saturated heterocycles. The first kappa shape index (κ1) is 19.4. The van der Waals surface area contributed by atoms with Gasteiger partial charge in [0.25, 0.3) is 0 Å². The van der Waals surface area contributed by atoms with Crippen LogP contribution in [0, 0.1) is 29.1 Å². The van der Waals surface area contributed by atoms with E-state index in [1.807, 2.05) is 30.3 Å². The summed E-state index contributed by atoms with van der Waals surface area (Å²) in [6, 6.07) is 2.64. The van der Waals surface area contributed by atoms with Crippen molar-refractivity contribution in [2.45, 2.75) is 38.6 Å². The summed E-state index contributed by atoms with van der Waals surface area (Å²) in [4.78, 5) is 18.3. The second-order valence-electron chi connectivity index (χ2n) is 8.14. The van der Waals surface area contributed by atoms with Crippen molar-refractivity contribution in [3.8, 4) is 6.07 Å². The zero-order chi connectivity index (χ0) is 20.2. The number of amides is 1. The van der Waals surface area contributed by atoms with Gasteiger partial charge < -0.3 is 10.2 Å². The first-order valence-electron chi connectivity index (χ1n) is 10.6. The summed E-state index contributed by atoms with van der Waals surface area (Å²) < 4.78 is 0. The van der Waals surface area contributed by atoms with Gasteiger partial charge in [0.05, 0.1) is 6.07 Å². The molecule has 150 valence electrons. The number of piperidine rings is 1. The van der Waals surface area contributed by atoms with E-state index < -0.39 is 0 Å². The van der Waals surface area contributed by atoms with Crippen LogP contribution < -0.4 is 5.32 Å². The highest BCUT2D eigenvalue weighted by molar-refractivity contribution is 5.75. The molecule has 0 aromatic carbocycles. The number of carbonyl (C=O) groups is 1. The second-order valence-corrected chi connectivity index (χ2v) is 8.14. The highest BCUT2D eigenvalue weighted by Crippen LogP contribution is 2.36. The lowest BCUT2D eigenvalue weighted by molar-refractivity contribution is -0.131. The number of nitriles is 1. The molecule has 5 nitrogen and oxygen atoms in total. The molecule has 3 unspecified atom stereocenters. The molecule has 3 atom stereocenters. The van der Waals surface area contributed by atoms with E-state index in [1.165, 1.54) is 11.3 Å². The van der Waals surface area contributed by atoms with Crippen molar-refractivity contribution in [3.05, 3.63) is 59.5 Å². The molecular weight excluding hydrogens is 360 g/mol. The normalized spacial score (nSPS) is 28.8. The zero-order valence-electron chi connectivity index (χ0n) is 16.9. The molecule has 1 N–H and O–H groups in total. The topological polar surface area (TPSA) is 68.5 Å². The third-order valence-corrected chi connectivity index (χ3v) is 6.27. The summed E-state index contributed by atoms with van der Waals surface area (Å²) in [5.41, 5.74) is 3.22. The summed E-state index contributed by atoms with van der Waals surface area (Å²) in [6.07, 6.45) is 20.2. The smallest absolute Gasteiger partial charge is 0.222 e. The zero-order valence-corrected chi connectivity index (χ0v) is 16.9. The predicted octanol–water partition coefficient (Wildman–Crippen LogP) is 3.66. The van der Waals surface area contributed by atoms with E-state index in [1.54, 1.807) is 0 Å². The van der Waals surface area contributed by atoms with Crippen LogP contribution >= 0.6 is 0 Å². The van der Waals surface area contributed by atoms with Crippen LogP contribution in [-0.2, 0) is 4.79 Å². The third kappa shape index (κ3) is 4.27. The van der Waals surface area contributed by atoms with Gasteiger partial charge in [-0.15, -0.1) is 0 Å². The molecule has 4 rings (SSSR count). The molecule has 0 spiro atoms. The maximum atomic E-state index is 11.9. The summed E-state index contributed by atoms with van der Waals surface area (Å²) in [7, 11) is 0. The van der Waals surface area contributed by atoms with Crippen molar-refractivity contribution < 1.29 is 4.79 Å². The molecule has 1 fully saturated rings. The van der Waals surface area contributed by atoms with Crippen LogP contribution in [0.25, 0.3) is 0 Å². The number of likely N-dealkylation sites (tertiary alicyclic amines) is 1. The Morgan fingerprint density at radius 2 is 2.17 bits per heavy atom. The van der Waals surface area contributed by atoms with E-state index in [2.05, 4.69) is 46.8 Å². The van der Waals surface area contributed by atoms with Crippen molar-refractivity contribution in [2.24, 2.45) is 22.7 Å². The SMILES string of the molecule is CCC(=O)N1CCC(NC2=CC(C3C=C(C#N)C=CC3)=CC3C=CN=CC23)CC1. The Morgan fingerprint density at radius 1 is 1.34 bits per heavy atom. The molecule has 29 heavy (non-hydrogen) atoms. The summed E-state index contributed by atoms with van der Waals surface area (Å²) in [5.74, 6) is 1.02. The van der Waals surface area contributed by atoms with Gasteiger partial charge in [0.1, 0.15) is 0 Å². The molecule has 4 aliphatic rings. The van der Waals surface area contributed by atoms with Crippen LogP contribution in [0.5, 0.6) is 0 Å². The molecule has 1 amide bonds. The minimum absolute atomic E-state index is 0.234. The van der Waals surface area contributed by atoms with E-state index >= 15 is 0 Å². The van der Waals surface area contributed by atoms with Crippen LogP contribution in [0.1, 0.15) is 32.6 Å². The third-order valence-electron chi connectivity index (χ3n) is 6.27. The number of hydrogen-bond donors (Lipinski definition) is 1. The Kier molecular flexibility index (Phi) is 5.80. The minimum atomic E-state index is 0.234. The number of rotatable bonds is 4. The molecule has 0 saturated carbocycles. The molecule has 5 heteroatoms. The fourth-order valence-corrected chi connectivity index (χ4v) is 4.59. The standard InChI is InChI=1S/C24H28N4O/c1-2-24(29)28-10-7-21(8-11-28)27-23-14-20(13-19-6-9-26-16-22(19)23)18-5-3-4-17(12-18)15-25/h3-4,6,9,12-14,16,18-19,21-22,27H,2,5,7-8,10-11H2,1H3. The molecule has 2 heterocycles. The van der Waals surface area contributed by atoms with Gasteiger partial charge in [-0.2, -0.15) is 5.26 Å². The van der Waals surface area contributed by atoms with Gasteiger partial charge in [-0.05, 0) is 37.0 Å². The van der Waals surface area contributed by atoms with Crippen LogP contribution in [0.3, 0.4) is 0 Å². The van der Waals surface area contributed by atoms with Crippen LogP contribution in [0.15, 0.2) is 64.5 Å². The number of hydrogen-bond acceptors (Lipinski definition) is 4. The van der Waals surface area contributed by atoms with E-state index in [4.69, 9.17) is 0 Å². The highest BCUT2D eigenvalue weighted by Gasteiger charge is 2.30. The minimum Gasteiger partial charge on any atom is -0.385 e. The first-order valence-corrected chi connectivity index (χ1v) is 10.6. The van der Waals surface area contributed by atoms with Crippen LogP contribution in [0.4, 0.5) is 0 Å². The average Bonchev–Trinajstić information content (AvgIpc) is 2.79. The lowest BCUT2D eigenvalue weighted by Gasteiger charge is -2.37. The molecule has 2 aliphatic carbocycles. The lowest BCUT2D eigenvalue weighted by atomic mass is 9.77. The summed E-state index contributed by atoms with van der Waals surface area (Å²) in [5, 5.41) is 13.1. The Morgan fingerprint density at radius 3 is 2.93 bits per heavy atom.